The number of methoxy groups -OCH3 is 1. The van der Waals surface area contributed by atoms with E-state index in [2.05, 4.69) is 31.3 Å². The lowest BCUT2D eigenvalue weighted by Crippen LogP contribution is -2.23. The molecule has 7 nitrogen and oxygen atoms in total. The van der Waals surface area contributed by atoms with E-state index in [1.165, 1.54) is 4.80 Å². The van der Waals surface area contributed by atoms with Crippen LogP contribution >= 0.6 is 15.9 Å². The minimum absolute atomic E-state index is 0.182. The number of aliphatic hydroxyl groups excluding tert-OH is 1. The Balaban J connectivity index is 1.47. The first-order valence-corrected chi connectivity index (χ1v) is 8.86. The number of hydrogen-bond acceptors (Lipinski definition) is 6. The molecule has 136 valence electrons. The first-order valence-electron chi connectivity index (χ1n) is 8.06. The topological polar surface area (TPSA) is 82.3 Å². The van der Waals surface area contributed by atoms with Crippen LogP contribution < -0.4 is 4.74 Å². The Bertz CT molecular complexity index is 821. The molecule has 0 unspecified atom stereocenters. The van der Waals surface area contributed by atoms with Gasteiger partial charge in [-0.3, -0.25) is 0 Å². The summed E-state index contributed by atoms with van der Waals surface area (Å²) in [6.07, 6.45) is -0.722. The summed E-state index contributed by atoms with van der Waals surface area (Å²) in [5, 5.41) is 22.4. The molecule has 0 bridgehead atoms. The van der Waals surface area contributed by atoms with E-state index in [1.807, 2.05) is 48.5 Å². The van der Waals surface area contributed by atoms with Crippen LogP contribution in [0.15, 0.2) is 53.0 Å². The monoisotopic (exact) mass is 418 g/mol. The highest BCUT2D eigenvalue weighted by Gasteiger charge is 2.11. The van der Waals surface area contributed by atoms with Gasteiger partial charge in [-0.15, -0.1) is 10.2 Å². The van der Waals surface area contributed by atoms with Gasteiger partial charge in [0.2, 0.25) is 5.82 Å². The Morgan fingerprint density at radius 3 is 2.54 bits per heavy atom. The van der Waals surface area contributed by atoms with E-state index in [9.17, 15) is 5.11 Å². The largest absolute Gasteiger partial charge is 0.497 e. The summed E-state index contributed by atoms with van der Waals surface area (Å²) in [4.78, 5) is 1.37. The molecule has 0 radical (unpaired) electrons. The molecule has 26 heavy (non-hydrogen) atoms. The Morgan fingerprint density at radius 2 is 1.85 bits per heavy atom. The molecule has 0 saturated carbocycles. The number of tetrazole rings is 1. The fourth-order valence-electron chi connectivity index (χ4n) is 2.31. The first kappa shape index (κ1) is 18.5. The first-order chi connectivity index (χ1) is 12.6. The van der Waals surface area contributed by atoms with Crippen molar-refractivity contribution in [2.24, 2.45) is 0 Å². The number of nitrogens with zero attached hydrogens (tertiary/aromatic N) is 4. The van der Waals surface area contributed by atoms with Gasteiger partial charge in [0.05, 0.1) is 33.0 Å². The Kier molecular flexibility index (Phi) is 6.32. The standard InChI is InChI=1S/C18H19BrN4O3/c1-25-17-8-2-13(3-9-17)11-26-12-16(24)10-23-21-18(20-22-23)14-4-6-15(19)7-5-14/h2-9,16,24H,10-12H2,1H3/t16-/m0/s1. The van der Waals surface area contributed by atoms with Gasteiger partial charge in [-0.25, -0.2) is 0 Å². The number of benzene rings is 2. The number of rotatable bonds is 8. The summed E-state index contributed by atoms with van der Waals surface area (Å²) in [6.45, 7) is 0.809. The van der Waals surface area contributed by atoms with Gasteiger partial charge in [-0.1, -0.05) is 28.1 Å². The van der Waals surface area contributed by atoms with Crippen molar-refractivity contribution in [3.63, 3.8) is 0 Å². The third kappa shape index (κ3) is 5.10. The van der Waals surface area contributed by atoms with Crippen LogP contribution in [0.5, 0.6) is 5.75 Å². The molecule has 0 amide bonds. The van der Waals surface area contributed by atoms with E-state index in [-0.39, 0.29) is 13.2 Å². The van der Waals surface area contributed by atoms with Gasteiger partial charge in [0.25, 0.3) is 0 Å². The molecule has 0 aliphatic heterocycles. The van der Waals surface area contributed by atoms with E-state index in [0.29, 0.717) is 12.4 Å². The molecule has 3 aromatic rings. The summed E-state index contributed by atoms with van der Waals surface area (Å²) in [7, 11) is 1.63. The predicted octanol–water partition coefficient (Wildman–Crippen LogP) is 2.69. The number of aliphatic hydroxyl groups is 1. The molecule has 1 heterocycles. The van der Waals surface area contributed by atoms with Crippen molar-refractivity contribution in [2.45, 2.75) is 19.3 Å². The normalized spacial score (nSPS) is 12.1. The predicted molar refractivity (Wildman–Crippen MR) is 99.6 cm³/mol. The maximum atomic E-state index is 10.1. The quantitative estimate of drug-likeness (QED) is 0.605. The molecule has 3 rings (SSSR count). The van der Waals surface area contributed by atoms with Crippen LogP contribution in [0.3, 0.4) is 0 Å². The zero-order chi connectivity index (χ0) is 18.4. The molecular formula is C18H19BrN4O3. The second-order valence-electron chi connectivity index (χ2n) is 5.69. The molecule has 2 aromatic carbocycles. The number of ether oxygens (including phenoxy) is 2. The van der Waals surface area contributed by atoms with Crippen molar-refractivity contribution in [1.29, 1.82) is 0 Å². The number of halogens is 1. The van der Waals surface area contributed by atoms with Crippen LogP contribution in [0.25, 0.3) is 11.4 Å². The minimum atomic E-state index is -0.722. The second-order valence-corrected chi connectivity index (χ2v) is 6.61. The highest BCUT2D eigenvalue weighted by Crippen LogP contribution is 2.17. The smallest absolute Gasteiger partial charge is 0.204 e. The highest BCUT2D eigenvalue weighted by molar-refractivity contribution is 9.10. The van der Waals surface area contributed by atoms with E-state index >= 15 is 0 Å². The van der Waals surface area contributed by atoms with Gasteiger partial charge in [-0.05, 0) is 47.2 Å². The number of hydrogen-bond donors (Lipinski definition) is 1. The zero-order valence-corrected chi connectivity index (χ0v) is 15.8. The molecule has 0 aliphatic rings. The summed E-state index contributed by atoms with van der Waals surface area (Å²) < 4.78 is 11.6. The van der Waals surface area contributed by atoms with Crippen molar-refractivity contribution in [3.05, 3.63) is 58.6 Å². The van der Waals surface area contributed by atoms with Gasteiger partial charge in [0, 0.05) is 10.0 Å². The Labute approximate surface area is 159 Å². The summed E-state index contributed by atoms with van der Waals surface area (Å²) in [6, 6.07) is 15.2. The van der Waals surface area contributed by atoms with Gasteiger partial charge in [0.15, 0.2) is 0 Å². The Hall–Kier alpha value is -2.29. The molecule has 1 aromatic heterocycles. The summed E-state index contributed by atoms with van der Waals surface area (Å²) >= 11 is 3.39. The average molecular weight is 419 g/mol. The van der Waals surface area contributed by atoms with Crippen molar-refractivity contribution >= 4 is 15.9 Å². The Morgan fingerprint density at radius 1 is 1.12 bits per heavy atom. The van der Waals surface area contributed by atoms with Gasteiger partial charge in [-0.2, -0.15) is 4.80 Å². The highest BCUT2D eigenvalue weighted by atomic mass is 79.9. The maximum absolute atomic E-state index is 10.1. The molecule has 8 heteroatoms. The summed E-state index contributed by atoms with van der Waals surface area (Å²) in [5.41, 5.74) is 1.87. The molecule has 0 saturated heterocycles. The SMILES string of the molecule is COc1ccc(COC[C@@H](O)Cn2nnc(-c3ccc(Br)cc3)n2)cc1. The molecule has 0 aliphatic carbocycles. The second kappa shape index (κ2) is 8.88. The third-order valence-electron chi connectivity index (χ3n) is 3.67. The third-order valence-corrected chi connectivity index (χ3v) is 4.20. The molecule has 0 fully saturated rings. The zero-order valence-electron chi connectivity index (χ0n) is 14.2. The van der Waals surface area contributed by atoms with Gasteiger partial charge < -0.3 is 14.6 Å². The van der Waals surface area contributed by atoms with Crippen molar-refractivity contribution in [1.82, 2.24) is 20.2 Å². The van der Waals surface area contributed by atoms with Gasteiger partial charge >= 0.3 is 0 Å². The van der Waals surface area contributed by atoms with Crippen LogP contribution in [-0.2, 0) is 17.9 Å². The van der Waals surface area contributed by atoms with E-state index < -0.39 is 6.10 Å². The lowest BCUT2D eigenvalue weighted by atomic mass is 10.2. The lowest BCUT2D eigenvalue weighted by molar-refractivity contribution is 0.0165. The lowest BCUT2D eigenvalue weighted by Gasteiger charge is -2.10. The van der Waals surface area contributed by atoms with E-state index in [1.54, 1.807) is 7.11 Å². The molecule has 0 spiro atoms. The maximum Gasteiger partial charge on any atom is 0.204 e. The molecular weight excluding hydrogens is 400 g/mol. The fourth-order valence-corrected chi connectivity index (χ4v) is 2.58. The van der Waals surface area contributed by atoms with Crippen molar-refractivity contribution < 1.29 is 14.6 Å². The summed E-state index contributed by atoms with van der Waals surface area (Å²) in [5.74, 6) is 1.32. The van der Waals surface area contributed by atoms with Gasteiger partial charge in [0.1, 0.15) is 5.75 Å². The van der Waals surface area contributed by atoms with Crippen LogP contribution in [-0.4, -0.2) is 45.1 Å². The minimum Gasteiger partial charge on any atom is -0.497 e. The van der Waals surface area contributed by atoms with Crippen LogP contribution in [0.4, 0.5) is 0 Å². The van der Waals surface area contributed by atoms with Crippen molar-refractivity contribution in [3.8, 4) is 17.1 Å². The van der Waals surface area contributed by atoms with Crippen LogP contribution in [0.2, 0.25) is 0 Å². The van der Waals surface area contributed by atoms with Crippen LogP contribution in [0, 0.1) is 0 Å². The fraction of sp³-hybridized carbons (Fsp3) is 0.278. The number of aromatic nitrogens is 4. The van der Waals surface area contributed by atoms with E-state index in [0.717, 1.165) is 21.3 Å². The van der Waals surface area contributed by atoms with E-state index in [4.69, 9.17) is 9.47 Å². The van der Waals surface area contributed by atoms with Crippen LogP contribution in [0.1, 0.15) is 5.56 Å². The van der Waals surface area contributed by atoms with Crippen molar-refractivity contribution in [2.75, 3.05) is 13.7 Å². The molecule has 1 atom stereocenters. The molecule has 1 N–H and O–H groups in total. The average Bonchev–Trinajstić information content (AvgIpc) is 3.11.